The third kappa shape index (κ3) is 3.13. The van der Waals surface area contributed by atoms with Gasteiger partial charge in [0.15, 0.2) is 0 Å². The van der Waals surface area contributed by atoms with Gasteiger partial charge in [-0.2, -0.15) is 0 Å². The molecule has 2 N–H and O–H groups in total. The molecule has 0 amide bonds. The summed E-state index contributed by atoms with van der Waals surface area (Å²) in [7, 11) is 4.48. The fraction of sp³-hybridized carbons (Fsp3) is 0.462. The van der Waals surface area contributed by atoms with Crippen LogP contribution in [0.3, 0.4) is 0 Å². The van der Waals surface area contributed by atoms with Crippen LogP contribution >= 0.6 is 0 Å². The Balaban J connectivity index is 3.10. The number of aryl methyl sites for hydroxylation is 1. The second kappa shape index (κ2) is 6.26. The largest absolute Gasteiger partial charge is 0.497 e. The van der Waals surface area contributed by atoms with Gasteiger partial charge in [-0.1, -0.05) is 0 Å². The number of esters is 1. The molecule has 18 heavy (non-hydrogen) atoms. The molecule has 1 rings (SSSR count). The maximum Gasteiger partial charge on any atom is 0.307 e. The molecule has 1 aromatic carbocycles. The Hall–Kier alpha value is -1.75. The average Bonchev–Trinajstić information content (AvgIpc) is 2.36. The van der Waals surface area contributed by atoms with E-state index in [2.05, 4.69) is 4.74 Å². The predicted octanol–water partition coefficient (Wildman–Crippen LogP) is 1.58. The van der Waals surface area contributed by atoms with E-state index in [1.165, 1.54) is 7.11 Å². The number of hydrogen-bond donors (Lipinski definition) is 1. The Morgan fingerprint density at radius 3 is 2.44 bits per heavy atom. The molecular formula is C13H19NO4. The van der Waals surface area contributed by atoms with Crippen molar-refractivity contribution >= 4 is 5.97 Å². The smallest absolute Gasteiger partial charge is 0.307 e. The summed E-state index contributed by atoms with van der Waals surface area (Å²) in [5, 5.41) is 0. The van der Waals surface area contributed by atoms with Crippen molar-refractivity contribution in [3.63, 3.8) is 0 Å². The third-order valence-electron chi connectivity index (χ3n) is 2.76. The fourth-order valence-electron chi connectivity index (χ4n) is 1.86. The molecule has 0 aliphatic rings. The zero-order valence-electron chi connectivity index (χ0n) is 11.1. The normalized spacial score (nSPS) is 11.8. The van der Waals surface area contributed by atoms with Crippen molar-refractivity contribution in [2.75, 3.05) is 21.3 Å². The molecule has 1 atom stereocenters. The fourth-order valence-corrected chi connectivity index (χ4v) is 1.86. The molecule has 0 saturated heterocycles. The van der Waals surface area contributed by atoms with Crippen molar-refractivity contribution in [1.29, 1.82) is 0 Å². The molecular weight excluding hydrogens is 234 g/mol. The summed E-state index contributed by atoms with van der Waals surface area (Å²) in [5.41, 5.74) is 7.73. The molecule has 0 aromatic heterocycles. The quantitative estimate of drug-likeness (QED) is 0.807. The van der Waals surface area contributed by atoms with Crippen LogP contribution in [0.1, 0.15) is 23.6 Å². The van der Waals surface area contributed by atoms with Crippen molar-refractivity contribution in [3.05, 3.63) is 23.3 Å². The Bertz CT molecular complexity index is 431. The first-order chi connectivity index (χ1) is 8.53. The van der Waals surface area contributed by atoms with Gasteiger partial charge < -0.3 is 19.9 Å². The van der Waals surface area contributed by atoms with Gasteiger partial charge in [0.2, 0.25) is 0 Å². The van der Waals surface area contributed by atoms with E-state index in [-0.39, 0.29) is 12.4 Å². The van der Waals surface area contributed by atoms with Crippen molar-refractivity contribution in [2.24, 2.45) is 5.73 Å². The average molecular weight is 253 g/mol. The summed E-state index contributed by atoms with van der Waals surface area (Å²) >= 11 is 0. The Morgan fingerprint density at radius 1 is 1.28 bits per heavy atom. The van der Waals surface area contributed by atoms with Crippen molar-refractivity contribution in [2.45, 2.75) is 19.4 Å². The maximum atomic E-state index is 11.3. The first-order valence-electron chi connectivity index (χ1n) is 5.58. The van der Waals surface area contributed by atoms with Gasteiger partial charge in [0, 0.05) is 17.7 Å². The molecule has 100 valence electrons. The molecule has 0 bridgehead atoms. The molecule has 0 fully saturated rings. The summed E-state index contributed by atoms with van der Waals surface area (Å²) in [6.07, 6.45) is 0.111. The van der Waals surface area contributed by atoms with Crippen LogP contribution in [0.5, 0.6) is 11.5 Å². The van der Waals surface area contributed by atoms with Crippen LogP contribution in [0.25, 0.3) is 0 Å². The van der Waals surface area contributed by atoms with Gasteiger partial charge in [0.25, 0.3) is 0 Å². The topological polar surface area (TPSA) is 70.8 Å². The minimum absolute atomic E-state index is 0.111. The van der Waals surface area contributed by atoms with Crippen LogP contribution in [0.15, 0.2) is 12.1 Å². The number of hydrogen-bond acceptors (Lipinski definition) is 5. The van der Waals surface area contributed by atoms with Gasteiger partial charge >= 0.3 is 5.97 Å². The van der Waals surface area contributed by atoms with Gasteiger partial charge in [0.1, 0.15) is 11.5 Å². The molecule has 5 heteroatoms. The van der Waals surface area contributed by atoms with E-state index in [9.17, 15) is 4.79 Å². The van der Waals surface area contributed by atoms with Crippen molar-refractivity contribution in [1.82, 2.24) is 0 Å². The van der Waals surface area contributed by atoms with Crippen LogP contribution in [-0.4, -0.2) is 27.3 Å². The van der Waals surface area contributed by atoms with Gasteiger partial charge in [-0.15, -0.1) is 0 Å². The molecule has 0 saturated carbocycles. The highest BCUT2D eigenvalue weighted by Gasteiger charge is 2.19. The Kier molecular flexibility index (Phi) is 4.97. The van der Waals surface area contributed by atoms with Crippen LogP contribution in [0, 0.1) is 6.92 Å². The lowest BCUT2D eigenvalue weighted by Crippen LogP contribution is -2.18. The Labute approximate surface area is 107 Å². The van der Waals surface area contributed by atoms with Crippen molar-refractivity contribution < 1.29 is 19.0 Å². The summed E-state index contributed by atoms with van der Waals surface area (Å²) < 4.78 is 15.1. The first kappa shape index (κ1) is 14.3. The Morgan fingerprint density at radius 2 is 1.94 bits per heavy atom. The molecule has 0 heterocycles. The highest BCUT2D eigenvalue weighted by Crippen LogP contribution is 2.33. The van der Waals surface area contributed by atoms with Crippen LogP contribution in [-0.2, 0) is 9.53 Å². The van der Waals surface area contributed by atoms with E-state index in [4.69, 9.17) is 15.2 Å². The van der Waals surface area contributed by atoms with E-state index < -0.39 is 6.04 Å². The molecule has 0 aliphatic carbocycles. The molecule has 1 aromatic rings. The number of benzene rings is 1. The van der Waals surface area contributed by atoms with Gasteiger partial charge in [-0.05, 0) is 18.6 Å². The number of rotatable bonds is 5. The van der Waals surface area contributed by atoms with Gasteiger partial charge in [-0.25, -0.2) is 0 Å². The third-order valence-corrected chi connectivity index (χ3v) is 2.76. The number of nitrogens with two attached hydrogens (primary N) is 1. The number of methoxy groups -OCH3 is 3. The second-order valence-corrected chi connectivity index (χ2v) is 3.95. The summed E-state index contributed by atoms with van der Waals surface area (Å²) in [4.78, 5) is 11.3. The second-order valence-electron chi connectivity index (χ2n) is 3.95. The number of ether oxygens (including phenoxy) is 3. The number of carbonyl (C=O) groups excluding carboxylic acids is 1. The summed E-state index contributed by atoms with van der Waals surface area (Å²) in [6.45, 7) is 1.90. The van der Waals surface area contributed by atoms with Crippen LogP contribution in [0.4, 0.5) is 0 Å². The molecule has 0 aliphatic heterocycles. The zero-order chi connectivity index (χ0) is 13.7. The molecule has 0 radical (unpaired) electrons. The minimum Gasteiger partial charge on any atom is -0.497 e. The molecule has 5 nitrogen and oxygen atoms in total. The van der Waals surface area contributed by atoms with Crippen LogP contribution in [0.2, 0.25) is 0 Å². The summed E-state index contributed by atoms with van der Waals surface area (Å²) in [6, 6.07) is 3.15. The van der Waals surface area contributed by atoms with E-state index in [0.29, 0.717) is 11.5 Å². The first-order valence-corrected chi connectivity index (χ1v) is 5.58. The van der Waals surface area contributed by atoms with E-state index in [1.54, 1.807) is 20.3 Å². The highest BCUT2D eigenvalue weighted by atomic mass is 16.5. The lowest BCUT2D eigenvalue weighted by atomic mass is 9.98. The number of carbonyl (C=O) groups is 1. The highest BCUT2D eigenvalue weighted by molar-refractivity contribution is 5.70. The van der Waals surface area contributed by atoms with Gasteiger partial charge in [-0.3, -0.25) is 4.79 Å². The lowest BCUT2D eigenvalue weighted by molar-refractivity contribution is -0.141. The van der Waals surface area contributed by atoms with E-state index >= 15 is 0 Å². The SMILES string of the molecule is COC(=O)CC(N)c1c(C)cc(OC)cc1OC. The monoisotopic (exact) mass is 253 g/mol. The van der Waals surface area contributed by atoms with Crippen LogP contribution < -0.4 is 15.2 Å². The van der Waals surface area contributed by atoms with Crippen molar-refractivity contribution in [3.8, 4) is 11.5 Å². The standard InChI is InChI=1S/C13H19NO4/c1-8-5-9(16-2)6-11(17-3)13(8)10(14)7-12(15)18-4/h5-6,10H,7,14H2,1-4H3. The zero-order valence-corrected chi connectivity index (χ0v) is 11.1. The molecule has 1 unspecified atom stereocenters. The van der Waals surface area contributed by atoms with E-state index in [1.807, 2.05) is 13.0 Å². The minimum atomic E-state index is -0.460. The predicted molar refractivity (Wildman–Crippen MR) is 67.8 cm³/mol. The maximum absolute atomic E-state index is 11.3. The van der Waals surface area contributed by atoms with Gasteiger partial charge in [0.05, 0.1) is 27.8 Å². The lowest BCUT2D eigenvalue weighted by Gasteiger charge is -2.18. The van der Waals surface area contributed by atoms with E-state index in [0.717, 1.165) is 11.1 Å². The molecule has 0 spiro atoms. The summed E-state index contributed by atoms with van der Waals surface area (Å²) in [5.74, 6) is 0.960.